The maximum atomic E-state index is 11.3. The molecule has 1 aliphatic rings. The number of carbonyl (C=O) groups excluding carboxylic acids is 1. The molecule has 1 heterocycles. The van der Waals surface area contributed by atoms with Gasteiger partial charge in [-0.05, 0) is 12.1 Å². The van der Waals surface area contributed by atoms with Crippen molar-refractivity contribution in [1.82, 2.24) is 0 Å². The smallest absolute Gasteiger partial charge is 0.308 e. The molecular weight excluding hydrogens is 204 g/mol. The zero-order valence-corrected chi connectivity index (χ0v) is 8.30. The lowest BCUT2D eigenvalue weighted by Gasteiger charge is -2.04. The van der Waals surface area contributed by atoms with Gasteiger partial charge >= 0.3 is 5.97 Å². The summed E-state index contributed by atoms with van der Waals surface area (Å²) in [5, 5.41) is 0. The first-order chi connectivity index (χ1) is 6.68. The second-order valence-corrected chi connectivity index (χ2v) is 3.97. The van der Waals surface area contributed by atoms with Crippen LogP contribution in [0.15, 0.2) is 23.1 Å². The van der Waals surface area contributed by atoms with E-state index in [9.17, 15) is 9.00 Å². The lowest BCUT2D eigenvalue weighted by Crippen LogP contribution is -2.03. The van der Waals surface area contributed by atoms with Gasteiger partial charge in [0, 0.05) is 12.5 Å². The van der Waals surface area contributed by atoms with Crippen molar-refractivity contribution in [2.75, 3.05) is 0 Å². The Bertz CT molecular complexity index is 413. The summed E-state index contributed by atoms with van der Waals surface area (Å²) in [6.07, 6.45) is 0. The summed E-state index contributed by atoms with van der Waals surface area (Å²) in [5.41, 5.74) is 0.695. The molecule has 74 valence electrons. The van der Waals surface area contributed by atoms with E-state index in [1.54, 1.807) is 18.2 Å². The fourth-order valence-corrected chi connectivity index (χ4v) is 2.17. The second kappa shape index (κ2) is 3.51. The molecule has 0 aliphatic carbocycles. The maximum Gasteiger partial charge on any atom is 0.308 e. The molecular formula is C9H8O4S. The van der Waals surface area contributed by atoms with E-state index in [1.165, 1.54) is 6.92 Å². The molecule has 1 unspecified atom stereocenters. The van der Waals surface area contributed by atoms with Crippen molar-refractivity contribution in [2.45, 2.75) is 18.4 Å². The Morgan fingerprint density at radius 2 is 2.36 bits per heavy atom. The van der Waals surface area contributed by atoms with Gasteiger partial charge in [0.2, 0.25) is 0 Å². The van der Waals surface area contributed by atoms with Crippen LogP contribution in [0.4, 0.5) is 0 Å². The summed E-state index contributed by atoms with van der Waals surface area (Å²) in [4.78, 5) is 11.3. The van der Waals surface area contributed by atoms with Crippen LogP contribution in [-0.4, -0.2) is 10.2 Å². The minimum absolute atomic E-state index is 0.228. The summed E-state index contributed by atoms with van der Waals surface area (Å²) in [6.45, 7) is 1.55. The molecule has 0 saturated carbocycles. The Balaban J connectivity index is 2.43. The number of ether oxygens (including phenoxy) is 1. The predicted molar refractivity (Wildman–Crippen MR) is 48.9 cm³/mol. The van der Waals surface area contributed by atoms with Gasteiger partial charge < -0.3 is 4.74 Å². The summed E-state index contributed by atoms with van der Waals surface area (Å²) in [6, 6.07) is 5.04. The average molecular weight is 212 g/mol. The Hall–Kier alpha value is -1.20. The van der Waals surface area contributed by atoms with Gasteiger partial charge in [0.05, 0.1) is 11.5 Å². The minimum atomic E-state index is -1.41. The first-order valence-electron chi connectivity index (χ1n) is 4.04. The van der Waals surface area contributed by atoms with E-state index in [0.717, 1.165) is 0 Å². The van der Waals surface area contributed by atoms with E-state index < -0.39 is 17.0 Å². The minimum Gasteiger partial charge on any atom is -0.426 e. The van der Waals surface area contributed by atoms with Crippen LogP contribution in [0.5, 0.6) is 5.75 Å². The van der Waals surface area contributed by atoms with Crippen molar-refractivity contribution < 1.29 is 17.9 Å². The first kappa shape index (κ1) is 9.36. The van der Waals surface area contributed by atoms with E-state index >= 15 is 0 Å². The standard InChI is InChI=1S/C9H8O4S/c1-6(10)13-8-3-2-4-9-7(8)5-12-14(9)11/h2-4H,5H2,1H3. The maximum absolute atomic E-state index is 11.3. The number of esters is 1. The molecule has 1 atom stereocenters. The molecule has 1 aliphatic heterocycles. The number of fused-ring (bicyclic) bond motifs is 1. The van der Waals surface area contributed by atoms with Gasteiger partial charge in [-0.1, -0.05) is 6.07 Å². The lowest BCUT2D eigenvalue weighted by atomic mass is 10.2. The number of hydrogen-bond donors (Lipinski definition) is 0. The highest BCUT2D eigenvalue weighted by molar-refractivity contribution is 7.80. The van der Waals surface area contributed by atoms with Crippen LogP contribution < -0.4 is 4.74 Å². The van der Waals surface area contributed by atoms with E-state index in [4.69, 9.17) is 8.92 Å². The molecule has 0 amide bonds. The van der Waals surface area contributed by atoms with Crippen LogP contribution in [-0.2, 0) is 26.7 Å². The van der Waals surface area contributed by atoms with Gasteiger partial charge in [0.1, 0.15) is 5.75 Å². The number of carbonyl (C=O) groups is 1. The van der Waals surface area contributed by atoms with Gasteiger partial charge in [-0.25, -0.2) is 4.21 Å². The molecule has 1 aromatic rings. The van der Waals surface area contributed by atoms with Gasteiger partial charge in [-0.3, -0.25) is 8.98 Å². The number of hydrogen-bond acceptors (Lipinski definition) is 4. The van der Waals surface area contributed by atoms with Crippen molar-refractivity contribution in [3.63, 3.8) is 0 Å². The van der Waals surface area contributed by atoms with E-state index in [2.05, 4.69) is 0 Å². The number of benzene rings is 1. The zero-order valence-electron chi connectivity index (χ0n) is 7.48. The molecule has 0 aromatic heterocycles. The molecule has 5 heteroatoms. The molecule has 0 fully saturated rings. The third kappa shape index (κ3) is 1.56. The predicted octanol–water partition coefficient (Wildman–Crippen LogP) is 1.16. The van der Waals surface area contributed by atoms with Gasteiger partial charge in [-0.2, -0.15) is 0 Å². The molecule has 4 nitrogen and oxygen atoms in total. The molecule has 0 N–H and O–H groups in total. The summed E-state index contributed by atoms with van der Waals surface area (Å²) < 4.78 is 21.1. The zero-order chi connectivity index (χ0) is 10.1. The summed E-state index contributed by atoms with van der Waals surface area (Å²) in [7, 11) is 0. The normalized spacial score (nSPS) is 19.1. The molecule has 0 bridgehead atoms. The molecule has 14 heavy (non-hydrogen) atoms. The Kier molecular flexibility index (Phi) is 2.35. The van der Waals surface area contributed by atoms with Crippen molar-refractivity contribution in [1.29, 1.82) is 0 Å². The van der Waals surface area contributed by atoms with Crippen LogP contribution in [0.25, 0.3) is 0 Å². The van der Waals surface area contributed by atoms with Crippen LogP contribution in [0.3, 0.4) is 0 Å². The monoisotopic (exact) mass is 212 g/mol. The van der Waals surface area contributed by atoms with Crippen molar-refractivity contribution in [3.8, 4) is 5.75 Å². The van der Waals surface area contributed by atoms with Gasteiger partial charge in [0.25, 0.3) is 0 Å². The topological polar surface area (TPSA) is 52.6 Å². The Morgan fingerprint density at radius 1 is 1.57 bits per heavy atom. The van der Waals surface area contributed by atoms with Gasteiger partial charge in [-0.15, -0.1) is 0 Å². The van der Waals surface area contributed by atoms with Crippen LogP contribution in [0.2, 0.25) is 0 Å². The fraction of sp³-hybridized carbons (Fsp3) is 0.222. The average Bonchev–Trinajstić information content (AvgIpc) is 2.49. The highest BCUT2D eigenvalue weighted by Crippen LogP contribution is 2.31. The largest absolute Gasteiger partial charge is 0.426 e. The molecule has 0 saturated heterocycles. The van der Waals surface area contributed by atoms with Crippen LogP contribution >= 0.6 is 0 Å². The third-order valence-electron chi connectivity index (χ3n) is 1.83. The van der Waals surface area contributed by atoms with Crippen molar-refractivity contribution in [2.24, 2.45) is 0 Å². The second-order valence-electron chi connectivity index (χ2n) is 2.82. The highest BCUT2D eigenvalue weighted by Gasteiger charge is 2.23. The summed E-state index contributed by atoms with van der Waals surface area (Å²) in [5.74, 6) is 0.0388. The van der Waals surface area contributed by atoms with E-state index in [1.807, 2.05) is 0 Å². The quantitative estimate of drug-likeness (QED) is 0.518. The van der Waals surface area contributed by atoms with E-state index in [-0.39, 0.29) is 6.61 Å². The molecule has 0 spiro atoms. The first-order valence-corrected chi connectivity index (χ1v) is 5.11. The Morgan fingerprint density at radius 3 is 3.07 bits per heavy atom. The van der Waals surface area contributed by atoms with Gasteiger partial charge in [0.15, 0.2) is 11.1 Å². The molecule has 2 rings (SSSR count). The molecule has 0 radical (unpaired) electrons. The fourth-order valence-electron chi connectivity index (χ4n) is 1.27. The summed E-state index contributed by atoms with van der Waals surface area (Å²) >= 11 is -1.41. The number of rotatable bonds is 1. The SMILES string of the molecule is CC(=O)Oc1cccc2c1COS2=O. The van der Waals surface area contributed by atoms with Crippen molar-refractivity contribution in [3.05, 3.63) is 23.8 Å². The van der Waals surface area contributed by atoms with E-state index in [0.29, 0.717) is 16.2 Å². The van der Waals surface area contributed by atoms with Crippen molar-refractivity contribution >= 4 is 17.0 Å². The Labute approximate surface area is 83.5 Å². The lowest BCUT2D eigenvalue weighted by molar-refractivity contribution is -0.131. The third-order valence-corrected chi connectivity index (χ3v) is 2.91. The highest BCUT2D eigenvalue weighted by atomic mass is 32.2. The van der Waals surface area contributed by atoms with Crippen LogP contribution in [0, 0.1) is 0 Å². The van der Waals surface area contributed by atoms with Crippen LogP contribution in [0.1, 0.15) is 12.5 Å². The molecule has 1 aromatic carbocycles.